The van der Waals surface area contributed by atoms with E-state index in [-0.39, 0.29) is 11.9 Å². The largest absolute Gasteiger partial charge is 0.508 e. The second-order valence-corrected chi connectivity index (χ2v) is 4.33. The van der Waals surface area contributed by atoms with Gasteiger partial charge in [-0.2, -0.15) is 0 Å². The van der Waals surface area contributed by atoms with Crippen LogP contribution in [0.2, 0.25) is 0 Å². The van der Waals surface area contributed by atoms with Crippen LogP contribution in [0.25, 0.3) is 0 Å². The SMILES string of the molecule is COC(=O)C1CC1CCc1cccc(O)c1. The van der Waals surface area contributed by atoms with Crippen molar-refractivity contribution in [1.82, 2.24) is 0 Å². The molecule has 0 saturated heterocycles. The van der Waals surface area contributed by atoms with Gasteiger partial charge in [0.15, 0.2) is 0 Å². The number of hydrogen-bond donors (Lipinski definition) is 1. The highest BCUT2D eigenvalue weighted by atomic mass is 16.5. The second kappa shape index (κ2) is 4.56. The van der Waals surface area contributed by atoms with E-state index in [4.69, 9.17) is 4.74 Å². The van der Waals surface area contributed by atoms with Gasteiger partial charge in [0.2, 0.25) is 0 Å². The first-order valence-electron chi connectivity index (χ1n) is 5.56. The smallest absolute Gasteiger partial charge is 0.308 e. The fourth-order valence-electron chi connectivity index (χ4n) is 2.07. The first kappa shape index (κ1) is 11.0. The lowest BCUT2D eigenvalue weighted by molar-refractivity contribution is -0.142. The number of carbonyl (C=O) groups is 1. The highest BCUT2D eigenvalue weighted by molar-refractivity contribution is 5.75. The summed E-state index contributed by atoms with van der Waals surface area (Å²) in [7, 11) is 1.44. The van der Waals surface area contributed by atoms with Crippen LogP contribution in [0, 0.1) is 11.8 Å². The Morgan fingerprint density at radius 1 is 1.56 bits per heavy atom. The molecule has 1 aromatic rings. The number of phenols is 1. The van der Waals surface area contributed by atoms with Crippen LogP contribution < -0.4 is 0 Å². The number of ether oxygens (including phenoxy) is 1. The van der Waals surface area contributed by atoms with Gasteiger partial charge in [0.05, 0.1) is 13.0 Å². The third kappa shape index (κ3) is 2.54. The van der Waals surface area contributed by atoms with Crippen molar-refractivity contribution >= 4 is 5.97 Å². The Bertz CT molecular complexity index is 387. The number of carbonyl (C=O) groups excluding carboxylic acids is 1. The van der Waals surface area contributed by atoms with Crippen LogP contribution in [-0.2, 0) is 16.0 Å². The number of methoxy groups -OCH3 is 1. The van der Waals surface area contributed by atoms with Crippen LogP contribution in [0.4, 0.5) is 0 Å². The van der Waals surface area contributed by atoms with Crippen molar-refractivity contribution in [3.63, 3.8) is 0 Å². The van der Waals surface area contributed by atoms with Crippen LogP contribution in [-0.4, -0.2) is 18.2 Å². The maximum absolute atomic E-state index is 11.2. The summed E-state index contributed by atoms with van der Waals surface area (Å²) in [6.45, 7) is 0. The molecule has 1 saturated carbocycles. The fourth-order valence-corrected chi connectivity index (χ4v) is 2.07. The average Bonchev–Trinajstić information content (AvgIpc) is 3.05. The van der Waals surface area contributed by atoms with Gasteiger partial charge >= 0.3 is 5.97 Å². The molecule has 1 N–H and O–H groups in total. The summed E-state index contributed by atoms with van der Waals surface area (Å²) < 4.78 is 4.70. The quantitative estimate of drug-likeness (QED) is 0.791. The van der Waals surface area contributed by atoms with Crippen LogP contribution in [0.5, 0.6) is 5.75 Å². The molecule has 0 amide bonds. The van der Waals surface area contributed by atoms with Gasteiger partial charge in [-0.1, -0.05) is 12.1 Å². The number of aryl methyl sites for hydroxylation is 1. The standard InChI is InChI=1S/C13H16O3/c1-16-13(15)12-8-10(12)6-5-9-3-2-4-11(14)7-9/h2-4,7,10,12,14H,5-6,8H2,1H3. The molecular weight excluding hydrogens is 204 g/mol. The van der Waals surface area contributed by atoms with E-state index in [1.807, 2.05) is 12.1 Å². The van der Waals surface area contributed by atoms with Gasteiger partial charge < -0.3 is 9.84 Å². The van der Waals surface area contributed by atoms with Crippen molar-refractivity contribution in [2.45, 2.75) is 19.3 Å². The molecule has 2 unspecified atom stereocenters. The lowest BCUT2D eigenvalue weighted by atomic mass is 10.1. The van der Waals surface area contributed by atoms with E-state index in [1.54, 1.807) is 12.1 Å². The molecule has 1 aromatic carbocycles. The normalized spacial score (nSPS) is 22.8. The van der Waals surface area contributed by atoms with Gasteiger partial charge in [-0.15, -0.1) is 0 Å². The Balaban J connectivity index is 1.79. The number of hydrogen-bond acceptors (Lipinski definition) is 3. The number of benzene rings is 1. The molecule has 0 heterocycles. The molecule has 1 aliphatic rings. The topological polar surface area (TPSA) is 46.5 Å². The van der Waals surface area contributed by atoms with Gasteiger partial charge in [0.25, 0.3) is 0 Å². The van der Waals surface area contributed by atoms with Crippen LogP contribution in [0.15, 0.2) is 24.3 Å². The number of esters is 1. The minimum Gasteiger partial charge on any atom is -0.508 e. The summed E-state index contributed by atoms with van der Waals surface area (Å²) in [6, 6.07) is 7.28. The number of phenolic OH excluding ortho intramolecular Hbond substituents is 1. The van der Waals surface area contributed by atoms with Crippen molar-refractivity contribution in [1.29, 1.82) is 0 Å². The summed E-state index contributed by atoms with van der Waals surface area (Å²) in [5.41, 5.74) is 1.12. The molecule has 86 valence electrons. The van der Waals surface area contributed by atoms with Gasteiger partial charge in [-0.05, 0) is 42.9 Å². The van der Waals surface area contributed by atoms with Gasteiger partial charge in [0, 0.05) is 0 Å². The highest BCUT2D eigenvalue weighted by Crippen LogP contribution is 2.42. The molecule has 0 aliphatic heterocycles. The van der Waals surface area contributed by atoms with E-state index in [0.717, 1.165) is 24.8 Å². The number of rotatable bonds is 4. The lowest BCUT2D eigenvalue weighted by Crippen LogP contribution is -2.04. The molecule has 3 nitrogen and oxygen atoms in total. The zero-order valence-corrected chi connectivity index (χ0v) is 9.35. The Morgan fingerprint density at radius 2 is 2.38 bits per heavy atom. The molecule has 2 rings (SSSR count). The molecule has 3 heteroatoms. The molecule has 0 bridgehead atoms. The molecule has 0 spiro atoms. The maximum Gasteiger partial charge on any atom is 0.308 e. The monoisotopic (exact) mass is 220 g/mol. The van der Waals surface area contributed by atoms with Crippen LogP contribution in [0.1, 0.15) is 18.4 Å². The first-order chi connectivity index (χ1) is 7.70. The average molecular weight is 220 g/mol. The molecule has 0 aromatic heterocycles. The van der Waals surface area contributed by atoms with Crippen molar-refractivity contribution in [3.8, 4) is 5.75 Å². The third-order valence-corrected chi connectivity index (χ3v) is 3.14. The van der Waals surface area contributed by atoms with Gasteiger partial charge in [-0.25, -0.2) is 0 Å². The van der Waals surface area contributed by atoms with E-state index < -0.39 is 0 Å². The zero-order chi connectivity index (χ0) is 11.5. The second-order valence-electron chi connectivity index (χ2n) is 4.33. The first-order valence-corrected chi connectivity index (χ1v) is 5.56. The third-order valence-electron chi connectivity index (χ3n) is 3.14. The summed E-state index contributed by atoms with van der Waals surface area (Å²) in [4.78, 5) is 11.2. The summed E-state index contributed by atoms with van der Waals surface area (Å²) >= 11 is 0. The Kier molecular flexibility index (Phi) is 3.13. The van der Waals surface area contributed by atoms with Crippen LogP contribution >= 0.6 is 0 Å². The minimum atomic E-state index is -0.0825. The summed E-state index contributed by atoms with van der Waals surface area (Å²) in [5.74, 6) is 0.802. The Labute approximate surface area is 95.0 Å². The summed E-state index contributed by atoms with van der Waals surface area (Å²) in [5, 5.41) is 9.30. The fraction of sp³-hybridized carbons (Fsp3) is 0.462. The highest BCUT2D eigenvalue weighted by Gasteiger charge is 2.43. The maximum atomic E-state index is 11.2. The molecular formula is C13H16O3. The van der Waals surface area contributed by atoms with Crippen LogP contribution in [0.3, 0.4) is 0 Å². The van der Waals surface area contributed by atoms with E-state index >= 15 is 0 Å². The van der Waals surface area contributed by atoms with E-state index in [9.17, 15) is 9.90 Å². The zero-order valence-electron chi connectivity index (χ0n) is 9.35. The van der Waals surface area contributed by atoms with Crippen molar-refractivity contribution in [3.05, 3.63) is 29.8 Å². The van der Waals surface area contributed by atoms with E-state index in [0.29, 0.717) is 11.7 Å². The Morgan fingerprint density at radius 3 is 3.06 bits per heavy atom. The molecule has 0 radical (unpaired) electrons. The Hall–Kier alpha value is -1.51. The number of aromatic hydroxyl groups is 1. The minimum absolute atomic E-state index is 0.0825. The molecule has 1 fully saturated rings. The van der Waals surface area contributed by atoms with Gasteiger partial charge in [0.1, 0.15) is 5.75 Å². The molecule has 2 atom stereocenters. The molecule has 16 heavy (non-hydrogen) atoms. The predicted octanol–water partition coefficient (Wildman–Crippen LogP) is 2.13. The lowest BCUT2D eigenvalue weighted by Gasteiger charge is -2.01. The van der Waals surface area contributed by atoms with Crippen molar-refractivity contribution in [2.75, 3.05) is 7.11 Å². The van der Waals surface area contributed by atoms with E-state index in [2.05, 4.69) is 0 Å². The van der Waals surface area contributed by atoms with Gasteiger partial charge in [-0.3, -0.25) is 4.79 Å². The van der Waals surface area contributed by atoms with Crippen molar-refractivity contribution < 1.29 is 14.6 Å². The summed E-state index contributed by atoms with van der Waals surface area (Å²) in [6.07, 6.45) is 2.85. The van der Waals surface area contributed by atoms with E-state index in [1.165, 1.54) is 7.11 Å². The van der Waals surface area contributed by atoms with Crippen molar-refractivity contribution in [2.24, 2.45) is 11.8 Å². The predicted molar refractivity (Wildman–Crippen MR) is 60.0 cm³/mol. The molecule has 1 aliphatic carbocycles.